The van der Waals surface area contributed by atoms with Crippen LogP contribution in [0.3, 0.4) is 0 Å². The van der Waals surface area contributed by atoms with E-state index in [-0.39, 0.29) is 30.1 Å². The summed E-state index contributed by atoms with van der Waals surface area (Å²) in [4.78, 5) is 42.3. The Kier molecular flexibility index (Phi) is 5.25. The Hall–Kier alpha value is -2.19. The van der Waals surface area contributed by atoms with Gasteiger partial charge in [-0.1, -0.05) is 17.7 Å². The van der Waals surface area contributed by atoms with Crippen LogP contribution in [0, 0.1) is 11.7 Å². The highest BCUT2D eigenvalue weighted by molar-refractivity contribution is 6.31. The predicted octanol–water partition coefficient (Wildman–Crippen LogP) is 1.84. The lowest BCUT2D eigenvalue weighted by atomic mass is 9.96. The first-order valence-corrected chi connectivity index (χ1v) is 10.2. The summed E-state index contributed by atoms with van der Waals surface area (Å²) in [6.45, 7) is 3.91. The van der Waals surface area contributed by atoms with Crippen molar-refractivity contribution < 1.29 is 18.8 Å². The van der Waals surface area contributed by atoms with Gasteiger partial charge in [0.25, 0.3) is 5.91 Å². The second-order valence-electron chi connectivity index (χ2n) is 8.16. The van der Waals surface area contributed by atoms with Crippen LogP contribution < -0.4 is 5.32 Å². The van der Waals surface area contributed by atoms with E-state index >= 15 is 0 Å². The second kappa shape index (κ2) is 7.57. The van der Waals surface area contributed by atoms with Crippen molar-refractivity contribution in [3.05, 3.63) is 34.6 Å². The Bertz CT molecular complexity index is 834. The zero-order valence-corrected chi connectivity index (χ0v) is 17.0. The summed E-state index contributed by atoms with van der Waals surface area (Å²) in [6, 6.07) is 4.12. The van der Waals surface area contributed by atoms with Crippen molar-refractivity contribution in [3.8, 4) is 0 Å². The van der Waals surface area contributed by atoms with E-state index in [1.165, 1.54) is 6.07 Å². The van der Waals surface area contributed by atoms with Crippen molar-refractivity contribution in [1.29, 1.82) is 0 Å². The minimum absolute atomic E-state index is 0.160. The van der Waals surface area contributed by atoms with Gasteiger partial charge in [-0.15, -0.1) is 0 Å². The van der Waals surface area contributed by atoms with Crippen LogP contribution in [0.5, 0.6) is 0 Å². The average Bonchev–Trinajstić information content (AvgIpc) is 3.51. The minimum Gasteiger partial charge on any atom is -0.339 e. The molecule has 7 nitrogen and oxygen atoms in total. The predicted molar refractivity (Wildman–Crippen MR) is 105 cm³/mol. The third-order valence-electron chi connectivity index (χ3n) is 6.16. The van der Waals surface area contributed by atoms with Gasteiger partial charge < -0.3 is 10.2 Å². The zero-order valence-electron chi connectivity index (χ0n) is 16.3. The molecule has 1 N–H and O–H groups in total. The summed E-state index contributed by atoms with van der Waals surface area (Å²) >= 11 is 6.09. The lowest BCUT2D eigenvalue weighted by molar-refractivity contribution is -0.140. The number of halogens is 2. The molecule has 156 valence electrons. The topological polar surface area (TPSA) is 73.0 Å². The summed E-state index contributed by atoms with van der Waals surface area (Å²) in [5.74, 6) is -0.746. The van der Waals surface area contributed by atoms with Crippen LogP contribution in [0.1, 0.15) is 25.3 Å². The molecule has 0 spiro atoms. The maximum absolute atomic E-state index is 14.0. The molecule has 1 aromatic carbocycles. The Balaban J connectivity index is 1.31. The van der Waals surface area contributed by atoms with E-state index in [4.69, 9.17) is 11.6 Å². The maximum Gasteiger partial charge on any atom is 0.325 e. The Morgan fingerprint density at radius 3 is 2.55 bits per heavy atom. The van der Waals surface area contributed by atoms with E-state index in [1.807, 2.05) is 4.90 Å². The largest absolute Gasteiger partial charge is 0.339 e. The maximum atomic E-state index is 14.0. The van der Waals surface area contributed by atoms with E-state index in [9.17, 15) is 18.8 Å². The summed E-state index contributed by atoms with van der Waals surface area (Å²) in [6.07, 6.45) is 1.83. The molecule has 1 saturated carbocycles. The van der Waals surface area contributed by atoms with Gasteiger partial charge in [-0.3, -0.25) is 19.4 Å². The highest BCUT2D eigenvalue weighted by atomic mass is 35.5. The summed E-state index contributed by atoms with van der Waals surface area (Å²) in [5.41, 5.74) is -0.428. The number of hydrogen-bond donors (Lipinski definition) is 1. The van der Waals surface area contributed by atoms with Crippen molar-refractivity contribution in [2.24, 2.45) is 5.92 Å². The van der Waals surface area contributed by atoms with Crippen LogP contribution in [0.15, 0.2) is 18.2 Å². The van der Waals surface area contributed by atoms with Gasteiger partial charge in [0.05, 0.1) is 0 Å². The molecular formula is C20H24ClFN4O3. The van der Waals surface area contributed by atoms with Gasteiger partial charge in [0.2, 0.25) is 5.91 Å². The van der Waals surface area contributed by atoms with Gasteiger partial charge in [-0.05, 0) is 37.8 Å². The standard InChI is InChI=1S/C20H24ClFN4O3/c1-20(13-5-6-13)18(28)26(19(29)23-20)12-17(27)25-9-7-24(8-10-25)11-14-15(21)3-2-4-16(14)22/h2-4,13H,5-12H2,1H3,(H,23,29). The van der Waals surface area contributed by atoms with Crippen molar-refractivity contribution in [3.63, 3.8) is 0 Å². The Labute approximate surface area is 173 Å². The van der Waals surface area contributed by atoms with Gasteiger partial charge in [-0.2, -0.15) is 0 Å². The molecule has 3 fully saturated rings. The highest BCUT2D eigenvalue weighted by Gasteiger charge is 2.56. The SMILES string of the molecule is CC1(C2CC2)NC(=O)N(CC(=O)N2CCN(Cc3c(F)cccc3Cl)CC2)C1=O. The van der Waals surface area contributed by atoms with Crippen LogP contribution in [0.2, 0.25) is 5.02 Å². The summed E-state index contributed by atoms with van der Waals surface area (Å²) in [5, 5.41) is 3.15. The number of hydrogen-bond acceptors (Lipinski definition) is 4. The molecule has 0 aromatic heterocycles. The van der Waals surface area contributed by atoms with E-state index in [0.29, 0.717) is 43.3 Å². The van der Waals surface area contributed by atoms with E-state index < -0.39 is 11.6 Å². The van der Waals surface area contributed by atoms with Crippen molar-refractivity contribution >= 4 is 29.4 Å². The van der Waals surface area contributed by atoms with Gasteiger partial charge in [-0.25, -0.2) is 9.18 Å². The molecule has 1 aliphatic carbocycles. The molecule has 0 bridgehead atoms. The lowest BCUT2D eigenvalue weighted by Gasteiger charge is -2.35. The van der Waals surface area contributed by atoms with Gasteiger partial charge in [0.1, 0.15) is 17.9 Å². The zero-order chi connectivity index (χ0) is 20.8. The average molecular weight is 423 g/mol. The number of amides is 4. The number of carbonyl (C=O) groups is 3. The molecule has 2 saturated heterocycles. The van der Waals surface area contributed by atoms with Crippen molar-refractivity contribution in [1.82, 2.24) is 20.0 Å². The second-order valence-corrected chi connectivity index (χ2v) is 8.56. The molecule has 1 aromatic rings. The number of nitrogens with one attached hydrogen (secondary N) is 1. The third-order valence-corrected chi connectivity index (χ3v) is 6.51. The third kappa shape index (κ3) is 3.83. The lowest BCUT2D eigenvalue weighted by Crippen LogP contribution is -2.52. The van der Waals surface area contributed by atoms with Crippen LogP contribution in [-0.2, 0) is 16.1 Å². The van der Waals surface area contributed by atoms with Gasteiger partial charge >= 0.3 is 6.03 Å². The molecule has 2 aliphatic heterocycles. The first kappa shape index (κ1) is 20.1. The quantitative estimate of drug-likeness (QED) is 0.735. The number of nitrogens with zero attached hydrogens (tertiary/aromatic N) is 3. The fourth-order valence-corrected chi connectivity index (χ4v) is 4.32. The molecular weight excluding hydrogens is 399 g/mol. The molecule has 4 rings (SSSR count). The fourth-order valence-electron chi connectivity index (χ4n) is 4.09. The number of benzene rings is 1. The van der Waals surface area contributed by atoms with Crippen LogP contribution in [0.4, 0.5) is 9.18 Å². The van der Waals surface area contributed by atoms with Gasteiger partial charge in [0, 0.05) is 43.3 Å². The Morgan fingerprint density at radius 1 is 1.24 bits per heavy atom. The minimum atomic E-state index is -0.880. The summed E-state index contributed by atoms with van der Waals surface area (Å²) < 4.78 is 14.0. The fraction of sp³-hybridized carbons (Fsp3) is 0.550. The number of urea groups is 1. The molecule has 2 heterocycles. The smallest absolute Gasteiger partial charge is 0.325 e. The van der Waals surface area contributed by atoms with Crippen molar-refractivity contribution in [2.75, 3.05) is 32.7 Å². The molecule has 1 unspecified atom stereocenters. The summed E-state index contributed by atoms with van der Waals surface area (Å²) in [7, 11) is 0. The van der Waals surface area contributed by atoms with E-state index in [0.717, 1.165) is 17.7 Å². The molecule has 9 heteroatoms. The monoisotopic (exact) mass is 422 g/mol. The van der Waals surface area contributed by atoms with E-state index in [1.54, 1.807) is 24.0 Å². The van der Waals surface area contributed by atoms with Crippen LogP contribution in [0.25, 0.3) is 0 Å². The molecule has 3 aliphatic rings. The molecule has 0 radical (unpaired) electrons. The number of piperazine rings is 1. The number of carbonyl (C=O) groups excluding carboxylic acids is 3. The van der Waals surface area contributed by atoms with Crippen molar-refractivity contribution in [2.45, 2.75) is 31.8 Å². The van der Waals surface area contributed by atoms with Gasteiger partial charge in [0.15, 0.2) is 0 Å². The molecule has 4 amide bonds. The van der Waals surface area contributed by atoms with Crippen LogP contribution in [-0.4, -0.2) is 70.8 Å². The number of rotatable bonds is 5. The first-order valence-electron chi connectivity index (χ1n) is 9.86. The molecule has 1 atom stereocenters. The Morgan fingerprint density at radius 2 is 1.93 bits per heavy atom. The number of imide groups is 1. The van der Waals surface area contributed by atoms with E-state index in [2.05, 4.69) is 5.32 Å². The highest BCUT2D eigenvalue weighted by Crippen LogP contribution is 2.42. The first-order chi connectivity index (χ1) is 13.8. The van der Waals surface area contributed by atoms with Crippen LogP contribution >= 0.6 is 11.6 Å². The molecule has 29 heavy (non-hydrogen) atoms. The normalized spacial score (nSPS) is 25.5.